The maximum absolute atomic E-state index is 5.48. The molecule has 0 bridgehead atoms. The van der Waals surface area contributed by atoms with Crippen molar-refractivity contribution in [2.24, 2.45) is 5.92 Å². The van der Waals surface area contributed by atoms with Gasteiger partial charge in [-0.3, -0.25) is 4.90 Å². The Kier molecular flexibility index (Phi) is 4.61. The van der Waals surface area contributed by atoms with Crippen molar-refractivity contribution in [1.82, 2.24) is 19.9 Å². The maximum Gasteiger partial charge on any atom is 0.164 e. The average Bonchev–Trinajstić information content (AvgIpc) is 3.13. The van der Waals surface area contributed by atoms with Crippen LogP contribution in [0.3, 0.4) is 0 Å². The van der Waals surface area contributed by atoms with Crippen LogP contribution in [-0.4, -0.2) is 39.5 Å². The number of pyridine rings is 1. The number of aryl methyl sites for hydroxylation is 1. The van der Waals surface area contributed by atoms with E-state index < -0.39 is 0 Å². The van der Waals surface area contributed by atoms with Gasteiger partial charge in [0.25, 0.3) is 0 Å². The monoisotopic (exact) mass is 337 g/mol. The molecule has 0 radical (unpaired) electrons. The summed E-state index contributed by atoms with van der Waals surface area (Å²) in [5.74, 6) is 3.28. The first kappa shape index (κ1) is 16.0. The van der Waals surface area contributed by atoms with Crippen LogP contribution in [0.4, 0.5) is 5.82 Å². The molecule has 0 aliphatic carbocycles. The molecule has 1 N–H and O–H groups in total. The van der Waals surface area contributed by atoms with Crippen LogP contribution >= 0.6 is 0 Å². The summed E-state index contributed by atoms with van der Waals surface area (Å²) < 4.78 is 5.48. The van der Waals surface area contributed by atoms with E-state index in [1.54, 1.807) is 12.5 Å². The predicted molar refractivity (Wildman–Crippen MR) is 97.3 cm³/mol. The van der Waals surface area contributed by atoms with E-state index in [1.165, 1.54) is 12.8 Å². The maximum atomic E-state index is 5.48. The Balaban J connectivity index is 1.41. The first-order valence-electron chi connectivity index (χ1n) is 8.86. The van der Waals surface area contributed by atoms with E-state index in [2.05, 4.69) is 25.2 Å². The SMILES string of the molecule is Cc1nc(NC[C@@H]2CCCN(Cc3ccco3)C2)c2cccnc2n1. The van der Waals surface area contributed by atoms with Crippen LogP contribution in [0.25, 0.3) is 11.0 Å². The molecule has 0 aromatic carbocycles. The number of fused-ring (bicyclic) bond motifs is 1. The standard InChI is InChI=1S/C19H23N5O/c1-14-22-18-17(7-2-8-20-18)19(23-14)21-11-15-5-3-9-24(12-15)13-16-6-4-10-25-16/h2,4,6-8,10,15H,3,5,9,11-13H2,1H3,(H,20,21,22,23)/t15-/m0/s1. The molecule has 25 heavy (non-hydrogen) atoms. The molecule has 130 valence electrons. The normalized spacial score (nSPS) is 18.5. The van der Waals surface area contributed by atoms with E-state index in [0.717, 1.165) is 54.6 Å². The Bertz CT molecular complexity index is 833. The molecule has 0 saturated carbocycles. The van der Waals surface area contributed by atoms with Gasteiger partial charge in [0.1, 0.15) is 17.4 Å². The van der Waals surface area contributed by atoms with Crippen molar-refractivity contribution in [2.45, 2.75) is 26.3 Å². The van der Waals surface area contributed by atoms with Gasteiger partial charge in [0.05, 0.1) is 18.2 Å². The summed E-state index contributed by atoms with van der Waals surface area (Å²) in [6.07, 6.45) is 5.97. The van der Waals surface area contributed by atoms with Crippen LogP contribution < -0.4 is 5.32 Å². The summed E-state index contributed by atoms with van der Waals surface area (Å²) in [6, 6.07) is 7.95. The first-order chi connectivity index (χ1) is 12.3. The van der Waals surface area contributed by atoms with Gasteiger partial charge in [-0.25, -0.2) is 15.0 Å². The van der Waals surface area contributed by atoms with Gasteiger partial charge in [0, 0.05) is 19.3 Å². The third-order valence-electron chi connectivity index (χ3n) is 4.70. The lowest BCUT2D eigenvalue weighted by Gasteiger charge is -2.32. The van der Waals surface area contributed by atoms with Crippen LogP contribution in [0, 0.1) is 12.8 Å². The molecule has 1 aliphatic rings. The molecule has 1 aliphatic heterocycles. The number of furan rings is 1. The fourth-order valence-corrected chi connectivity index (χ4v) is 3.53. The molecule has 1 fully saturated rings. The highest BCUT2D eigenvalue weighted by Crippen LogP contribution is 2.22. The average molecular weight is 337 g/mol. The van der Waals surface area contributed by atoms with Crippen molar-refractivity contribution >= 4 is 16.9 Å². The Morgan fingerprint density at radius 3 is 3.12 bits per heavy atom. The summed E-state index contributed by atoms with van der Waals surface area (Å²) in [5.41, 5.74) is 0.751. The summed E-state index contributed by atoms with van der Waals surface area (Å²) in [5, 5.41) is 4.52. The minimum Gasteiger partial charge on any atom is -0.468 e. The minimum absolute atomic E-state index is 0.603. The zero-order valence-corrected chi connectivity index (χ0v) is 14.5. The van der Waals surface area contributed by atoms with E-state index in [0.29, 0.717) is 5.92 Å². The number of anilines is 1. The van der Waals surface area contributed by atoms with E-state index in [4.69, 9.17) is 4.42 Å². The summed E-state index contributed by atoms with van der Waals surface area (Å²) >= 11 is 0. The second-order valence-electron chi connectivity index (χ2n) is 6.70. The highest BCUT2D eigenvalue weighted by atomic mass is 16.3. The molecule has 4 heterocycles. The molecular weight excluding hydrogens is 314 g/mol. The molecule has 3 aromatic heterocycles. The molecule has 4 rings (SSSR count). The number of aromatic nitrogens is 3. The van der Waals surface area contributed by atoms with Crippen LogP contribution in [0.2, 0.25) is 0 Å². The Labute approximate surface area is 147 Å². The van der Waals surface area contributed by atoms with Crippen molar-refractivity contribution < 1.29 is 4.42 Å². The van der Waals surface area contributed by atoms with E-state index in [1.807, 2.05) is 31.2 Å². The highest BCUT2D eigenvalue weighted by molar-refractivity contribution is 5.86. The van der Waals surface area contributed by atoms with Crippen molar-refractivity contribution in [3.63, 3.8) is 0 Å². The van der Waals surface area contributed by atoms with Gasteiger partial charge in [0.15, 0.2) is 5.65 Å². The molecule has 6 heteroatoms. The highest BCUT2D eigenvalue weighted by Gasteiger charge is 2.21. The molecule has 0 spiro atoms. The summed E-state index contributed by atoms with van der Waals surface area (Å²) in [7, 11) is 0. The largest absolute Gasteiger partial charge is 0.468 e. The molecule has 0 amide bonds. The zero-order valence-electron chi connectivity index (χ0n) is 14.5. The van der Waals surface area contributed by atoms with Crippen LogP contribution in [0.5, 0.6) is 0 Å². The van der Waals surface area contributed by atoms with Gasteiger partial charge < -0.3 is 9.73 Å². The number of piperidine rings is 1. The lowest BCUT2D eigenvalue weighted by Crippen LogP contribution is -2.37. The topological polar surface area (TPSA) is 67.1 Å². The van der Waals surface area contributed by atoms with Gasteiger partial charge in [-0.05, 0) is 56.5 Å². The van der Waals surface area contributed by atoms with Gasteiger partial charge in [-0.1, -0.05) is 0 Å². The van der Waals surface area contributed by atoms with E-state index >= 15 is 0 Å². The zero-order chi connectivity index (χ0) is 17.1. The molecule has 3 aromatic rings. The van der Waals surface area contributed by atoms with Crippen LogP contribution in [-0.2, 0) is 6.54 Å². The van der Waals surface area contributed by atoms with Gasteiger partial charge in [-0.2, -0.15) is 0 Å². The quantitative estimate of drug-likeness (QED) is 0.771. The van der Waals surface area contributed by atoms with E-state index in [9.17, 15) is 0 Å². The number of likely N-dealkylation sites (tertiary alicyclic amines) is 1. The van der Waals surface area contributed by atoms with Crippen molar-refractivity contribution in [2.75, 3.05) is 25.0 Å². The number of hydrogen-bond acceptors (Lipinski definition) is 6. The fraction of sp³-hybridized carbons (Fsp3) is 0.421. The van der Waals surface area contributed by atoms with Gasteiger partial charge in [0.2, 0.25) is 0 Å². The summed E-state index contributed by atoms with van der Waals surface area (Å²) in [6.45, 7) is 5.92. The Morgan fingerprint density at radius 1 is 1.28 bits per heavy atom. The molecule has 1 saturated heterocycles. The third-order valence-corrected chi connectivity index (χ3v) is 4.70. The smallest absolute Gasteiger partial charge is 0.164 e. The lowest BCUT2D eigenvalue weighted by molar-refractivity contribution is 0.162. The third kappa shape index (κ3) is 3.79. The van der Waals surface area contributed by atoms with E-state index in [-0.39, 0.29) is 0 Å². The van der Waals surface area contributed by atoms with Gasteiger partial charge in [-0.15, -0.1) is 0 Å². The molecule has 1 atom stereocenters. The van der Waals surface area contributed by atoms with Crippen LogP contribution in [0.1, 0.15) is 24.4 Å². The first-order valence-corrected chi connectivity index (χ1v) is 8.86. The molecular formula is C19H23N5O. The summed E-state index contributed by atoms with van der Waals surface area (Å²) in [4.78, 5) is 15.8. The van der Waals surface area contributed by atoms with Crippen molar-refractivity contribution in [1.29, 1.82) is 0 Å². The fourth-order valence-electron chi connectivity index (χ4n) is 3.53. The Hall–Kier alpha value is -2.47. The number of hydrogen-bond donors (Lipinski definition) is 1. The van der Waals surface area contributed by atoms with Crippen molar-refractivity contribution in [3.05, 3.63) is 48.3 Å². The molecule has 0 unspecified atom stereocenters. The van der Waals surface area contributed by atoms with Crippen molar-refractivity contribution in [3.8, 4) is 0 Å². The minimum atomic E-state index is 0.603. The van der Waals surface area contributed by atoms with Crippen LogP contribution in [0.15, 0.2) is 41.1 Å². The number of nitrogens with zero attached hydrogens (tertiary/aromatic N) is 4. The number of nitrogens with one attached hydrogen (secondary N) is 1. The second-order valence-corrected chi connectivity index (χ2v) is 6.70. The number of rotatable bonds is 5. The molecule has 6 nitrogen and oxygen atoms in total. The lowest BCUT2D eigenvalue weighted by atomic mass is 9.98. The second kappa shape index (κ2) is 7.19. The Morgan fingerprint density at radius 2 is 2.24 bits per heavy atom. The predicted octanol–water partition coefficient (Wildman–Crippen LogP) is 3.25. The van der Waals surface area contributed by atoms with Gasteiger partial charge >= 0.3 is 0 Å².